The van der Waals surface area contributed by atoms with Crippen molar-refractivity contribution in [2.24, 2.45) is 5.92 Å². The molecule has 1 aliphatic rings. The van der Waals surface area contributed by atoms with Gasteiger partial charge in [-0.15, -0.1) is 0 Å². The summed E-state index contributed by atoms with van der Waals surface area (Å²) in [6, 6.07) is 7.91. The Morgan fingerprint density at radius 3 is 2.46 bits per heavy atom. The Kier molecular flexibility index (Phi) is 11.2. The highest BCUT2D eigenvalue weighted by molar-refractivity contribution is 7.51. The number of hydrogen-bond donors (Lipinski definition) is 4. The van der Waals surface area contributed by atoms with Gasteiger partial charge in [0.25, 0.3) is 0 Å². The molecule has 0 bridgehead atoms. The molecule has 1 aliphatic carbocycles. The summed E-state index contributed by atoms with van der Waals surface area (Å²) < 4.78 is 70.5. The zero-order valence-electron chi connectivity index (χ0n) is 28.0. The number of nitrogens with one attached hydrogen (secondary N) is 3. The number of anilines is 4. The van der Waals surface area contributed by atoms with Gasteiger partial charge in [0, 0.05) is 18.0 Å². The molecular weight excluding hydrogens is 678 g/mol. The van der Waals surface area contributed by atoms with Gasteiger partial charge in [0.2, 0.25) is 5.95 Å². The standard InChI is InChI=1S/C34H39F3N5O7P/c1-5-48-32(44)22-10-8-21(9-11-22)23-12-14-26(28-29(23)38-16-19(3)30(28)43)40-31-24(34(35,36)37)17-39-33(42-31)41-25-13-7-20(15-27(25)47-4)18-50(45,46)49-6-2/h7,12-17,21-22H,5-6,8-11,18H2,1-4H3,(H,38,43)(H,45,46)(H2,39,40,41,42). The van der Waals surface area contributed by atoms with E-state index in [4.69, 9.17) is 14.0 Å². The molecule has 1 atom stereocenters. The average molecular weight is 718 g/mol. The minimum absolute atomic E-state index is 0.0148. The molecule has 0 spiro atoms. The number of aromatic amines is 1. The number of alkyl halides is 3. The monoisotopic (exact) mass is 717 g/mol. The third-order valence-electron chi connectivity index (χ3n) is 8.62. The molecule has 50 heavy (non-hydrogen) atoms. The molecule has 2 heterocycles. The number of esters is 1. The fourth-order valence-electron chi connectivity index (χ4n) is 6.21. The first-order chi connectivity index (χ1) is 23.7. The molecule has 2 aromatic carbocycles. The van der Waals surface area contributed by atoms with Crippen molar-refractivity contribution in [2.45, 2.75) is 64.7 Å². The van der Waals surface area contributed by atoms with E-state index >= 15 is 0 Å². The van der Waals surface area contributed by atoms with E-state index in [0.717, 1.165) is 5.56 Å². The van der Waals surface area contributed by atoms with Crippen LogP contribution < -0.4 is 20.8 Å². The molecule has 268 valence electrons. The summed E-state index contributed by atoms with van der Waals surface area (Å²) in [7, 11) is -2.52. The van der Waals surface area contributed by atoms with Gasteiger partial charge in [-0.1, -0.05) is 12.1 Å². The molecular formula is C34H39F3N5O7P. The number of ether oxygens (including phenoxy) is 2. The number of rotatable bonds is 12. The lowest BCUT2D eigenvalue weighted by molar-refractivity contribution is -0.149. The number of pyridine rings is 1. The molecule has 0 amide bonds. The van der Waals surface area contributed by atoms with Gasteiger partial charge in [-0.2, -0.15) is 18.2 Å². The van der Waals surface area contributed by atoms with Gasteiger partial charge in [-0.05, 0) is 81.7 Å². The van der Waals surface area contributed by atoms with Crippen LogP contribution in [0.15, 0.2) is 47.5 Å². The maximum absolute atomic E-state index is 14.2. The normalized spacial score (nSPS) is 17.6. The van der Waals surface area contributed by atoms with Gasteiger partial charge >= 0.3 is 19.7 Å². The Bertz CT molecular complexity index is 1980. The van der Waals surface area contributed by atoms with Crippen molar-refractivity contribution in [1.29, 1.82) is 0 Å². The summed E-state index contributed by atoms with van der Waals surface area (Å²) in [5, 5.41) is 5.80. The van der Waals surface area contributed by atoms with Crippen LogP contribution in [0.5, 0.6) is 5.75 Å². The van der Waals surface area contributed by atoms with Gasteiger partial charge in [-0.3, -0.25) is 14.2 Å². The average Bonchev–Trinajstić information content (AvgIpc) is 3.06. The van der Waals surface area contributed by atoms with Crippen molar-refractivity contribution in [2.75, 3.05) is 31.0 Å². The van der Waals surface area contributed by atoms with E-state index < -0.39 is 25.2 Å². The molecule has 1 fully saturated rings. The van der Waals surface area contributed by atoms with Crippen LogP contribution >= 0.6 is 7.60 Å². The number of fused-ring (bicyclic) bond motifs is 1. The third kappa shape index (κ3) is 8.28. The zero-order chi connectivity index (χ0) is 36.2. The highest BCUT2D eigenvalue weighted by atomic mass is 31.2. The van der Waals surface area contributed by atoms with E-state index in [2.05, 4.69) is 25.6 Å². The summed E-state index contributed by atoms with van der Waals surface area (Å²) in [6.07, 6.45) is -0.308. The summed E-state index contributed by atoms with van der Waals surface area (Å²) in [4.78, 5) is 47.1. The number of methoxy groups -OCH3 is 1. The van der Waals surface area contributed by atoms with Crippen molar-refractivity contribution in [3.8, 4) is 5.75 Å². The summed E-state index contributed by atoms with van der Waals surface area (Å²) in [5.41, 5.74) is 1.03. The molecule has 1 saturated carbocycles. The second kappa shape index (κ2) is 15.2. The Morgan fingerprint density at radius 2 is 1.80 bits per heavy atom. The van der Waals surface area contributed by atoms with Crippen molar-refractivity contribution in [3.05, 3.63) is 75.2 Å². The maximum atomic E-state index is 14.2. The molecule has 4 N–H and O–H groups in total. The number of H-pyrrole nitrogens is 1. The van der Waals surface area contributed by atoms with Gasteiger partial charge in [0.05, 0.1) is 54.7 Å². The lowest BCUT2D eigenvalue weighted by atomic mass is 9.78. The van der Waals surface area contributed by atoms with E-state index in [9.17, 15) is 32.2 Å². The highest BCUT2D eigenvalue weighted by Crippen LogP contribution is 2.46. The van der Waals surface area contributed by atoms with Crippen molar-refractivity contribution >= 4 is 47.6 Å². The number of carbonyl (C=O) groups excluding carboxylic acids is 1. The first-order valence-corrected chi connectivity index (χ1v) is 17.9. The Morgan fingerprint density at radius 1 is 1.08 bits per heavy atom. The molecule has 0 aliphatic heterocycles. The number of carbonyl (C=O) groups is 1. The first-order valence-electron chi connectivity index (χ1n) is 16.2. The van der Waals surface area contributed by atoms with Crippen molar-refractivity contribution < 1.29 is 41.4 Å². The van der Waals surface area contributed by atoms with E-state index in [1.165, 1.54) is 19.2 Å². The molecule has 16 heteroatoms. The third-order valence-corrected chi connectivity index (χ3v) is 10.0. The lowest BCUT2D eigenvalue weighted by Gasteiger charge is -2.28. The molecule has 1 unspecified atom stereocenters. The SMILES string of the molecule is CCOC(=O)C1CCC(c2ccc(Nc3nc(Nc4ccc(CP(=O)(O)OCC)cc4OC)ncc3C(F)(F)F)c3c(=O)c(C)c[nH]c23)CC1. The molecule has 0 radical (unpaired) electrons. The van der Waals surface area contributed by atoms with Crippen LogP contribution in [0.4, 0.5) is 36.3 Å². The quantitative estimate of drug-likeness (QED) is 0.0838. The van der Waals surface area contributed by atoms with Crippen molar-refractivity contribution in [3.63, 3.8) is 0 Å². The number of aromatic nitrogens is 3. The lowest BCUT2D eigenvalue weighted by Crippen LogP contribution is -2.23. The largest absolute Gasteiger partial charge is 0.495 e. The molecule has 5 rings (SSSR count). The van der Waals surface area contributed by atoms with Crippen LogP contribution in [-0.4, -0.2) is 46.1 Å². The molecule has 2 aromatic heterocycles. The van der Waals surface area contributed by atoms with Crippen LogP contribution in [0, 0.1) is 12.8 Å². The number of aryl methyl sites for hydroxylation is 1. The van der Waals surface area contributed by atoms with E-state index in [1.54, 1.807) is 45.2 Å². The van der Waals surface area contributed by atoms with E-state index in [-0.39, 0.29) is 64.5 Å². The second-order valence-corrected chi connectivity index (χ2v) is 13.9. The fourth-order valence-corrected chi connectivity index (χ4v) is 7.36. The van der Waals surface area contributed by atoms with E-state index in [0.29, 0.717) is 55.1 Å². The highest BCUT2D eigenvalue weighted by Gasteiger charge is 2.36. The van der Waals surface area contributed by atoms with Crippen molar-refractivity contribution in [1.82, 2.24) is 15.0 Å². The van der Waals surface area contributed by atoms with Gasteiger partial charge in [0.15, 0.2) is 5.43 Å². The number of hydrogen-bond acceptors (Lipinski definition) is 10. The Labute approximate surface area is 286 Å². The first kappa shape index (κ1) is 36.8. The number of nitrogens with zero attached hydrogens (tertiary/aromatic N) is 2. The fraction of sp³-hybridized carbons (Fsp3) is 0.412. The predicted molar refractivity (Wildman–Crippen MR) is 182 cm³/mol. The van der Waals surface area contributed by atoms with Crippen LogP contribution in [0.3, 0.4) is 0 Å². The van der Waals surface area contributed by atoms with Crippen LogP contribution in [0.25, 0.3) is 10.9 Å². The smallest absolute Gasteiger partial charge is 0.421 e. The topological polar surface area (TPSA) is 165 Å². The summed E-state index contributed by atoms with van der Waals surface area (Å²) in [5.74, 6) is -0.979. The zero-order valence-corrected chi connectivity index (χ0v) is 28.9. The minimum Gasteiger partial charge on any atom is -0.495 e. The minimum atomic E-state index is -4.84. The predicted octanol–water partition coefficient (Wildman–Crippen LogP) is 7.70. The number of benzene rings is 2. The molecule has 0 saturated heterocycles. The van der Waals surface area contributed by atoms with Crippen LogP contribution in [-0.2, 0) is 31.0 Å². The number of halogens is 3. The summed E-state index contributed by atoms with van der Waals surface area (Å²) in [6.45, 7) is 5.34. The Hall–Kier alpha value is -4.46. The van der Waals surface area contributed by atoms with Gasteiger partial charge in [0.1, 0.15) is 17.1 Å². The van der Waals surface area contributed by atoms with Gasteiger partial charge < -0.3 is 34.5 Å². The van der Waals surface area contributed by atoms with Crippen LogP contribution in [0.2, 0.25) is 0 Å². The van der Waals surface area contributed by atoms with Crippen LogP contribution in [0.1, 0.15) is 67.7 Å². The molecule has 4 aromatic rings. The van der Waals surface area contributed by atoms with E-state index in [1.807, 2.05) is 0 Å². The summed E-state index contributed by atoms with van der Waals surface area (Å²) >= 11 is 0. The molecule has 12 nitrogen and oxygen atoms in total. The Balaban J connectivity index is 1.48. The maximum Gasteiger partial charge on any atom is 0.421 e. The second-order valence-electron chi connectivity index (χ2n) is 12.0. The van der Waals surface area contributed by atoms with Gasteiger partial charge in [-0.25, -0.2) is 4.98 Å².